The van der Waals surface area contributed by atoms with Crippen LogP contribution in [-0.2, 0) is 12.5 Å². The van der Waals surface area contributed by atoms with E-state index in [-0.39, 0.29) is 5.56 Å². The second kappa shape index (κ2) is 9.29. The van der Waals surface area contributed by atoms with Gasteiger partial charge >= 0.3 is 12.5 Å². The highest BCUT2D eigenvalue weighted by molar-refractivity contribution is 5.66. The molecule has 3 aromatic rings. The molecule has 3 rings (SSSR count). The summed E-state index contributed by atoms with van der Waals surface area (Å²) in [5.74, 6) is -7.17. The molecule has 0 atom stereocenters. The van der Waals surface area contributed by atoms with Gasteiger partial charge in [0, 0.05) is 5.56 Å². The second-order valence-electron chi connectivity index (χ2n) is 7.00. The number of hydrogen-bond acceptors (Lipinski definition) is 2. The molecule has 0 saturated heterocycles. The van der Waals surface area contributed by atoms with Crippen molar-refractivity contribution in [1.82, 2.24) is 0 Å². The quantitative estimate of drug-likeness (QED) is 0.325. The Morgan fingerprint density at radius 3 is 1.94 bits per heavy atom. The Balaban J connectivity index is 1.86. The second-order valence-corrected chi connectivity index (χ2v) is 7.00. The van der Waals surface area contributed by atoms with Crippen molar-refractivity contribution in [3.63, 3.8) is 0 Å². The van der Waals surface area contributed by atoms with E-state index in [0.29, 0.717) is 24.6 Å². The number of alkyl halides is 5. The molecule has 176 valence electrons. The van der Waals surface area contributed by atoms with Crippen LogP contribution in [0, 0.1) is 17.5 Å². The Morgan fingerprint density at radius 2 is 1.36 bits per heavy atom. The zero-order chi connectivity index (χ0) is 24.4. The average molecular weight is 476 g/mol. The molecule has 3 aromatic carbocycles. The Bertz CT molecular complexity index is 1120. The van der Waals surface area contributed by atoms with Gasteiger partial charge < -0.3 is 9.47 Å². The minimum atomic E-state index is -5.15. The van der Waals surface area contributed by atoms with Gasteiger partial charge in [-0.15, -0.1) is 13.2 Å². The van der Waals surface area contributed by atoms with Crippen molar-refractivity contribution in [3.05, 3.63) is 83.2 Å². The molecular formula is C23H16F8O2. The van der Waals surface area contributed by atoms with Gasteiger partial charge in [0.05, 0.1) is 5.56 Å². The molecule has 0 unspecified atom stereocenters. The predicted molar refractivity (Wildman–Crippen MR) is 103 cm³/mol. The van der Waals surface area contributed by atoms with Crippen molar-refractivity contribution in [2.75, 3.05) is 0 Å². The lowest BCUT2D eigenvalue weighted by Gasteiger charge is -2.19. The zero-order valence-corrected chi connectivity index (χ0v) is 17.0. The first kappa shape index (κ1) is 24.3. The van der Waals surface area contributed by atoms with E-state index in [4.69, 9.17) is 0 Å². The van der Waals surface area contributed by atoms with E-state index in [1.165, 1.54) is 12.1 Å². The summed E-state index contributed by atoms with van der Waals surface area (Å²) in [6, 6.07) is 8.64. The number of aryl methyl sites for hydroxylation is 1. The Labute approximate surface area is 183 Å². The van der Waals surface area contributed by atoms with Gasteiger partial charge in [0.2, 0.25) is 5.82 Å². The standard InChI is InChI=1S/C23H16F8O2/c1-2-3-13-4-7-15(8-5-13)22(27,28)32-19-11-9-16(20(25)21(19)26)14-6-10-18(17(24)12-14)33-23(29,30)31/h4-12H,2-3H2,1H3. The largest absolute Gasteiger partial charge is 0.573 e. The minimum absolute atomic E-state index is 0.344. The summed E-state index contributed by atoms with van der Waals surface area (Å²) in [6.45, 7) is 1.92. The first-order chi connectivity index (χ1) is 15.4. The smallest absolute Gasteiger partial charge is 0.426 e. The van der Waals surface area contributed by atoms with Gasteiger partial charge in [-0.2, -0.15) is 13.2 Å². The SMILES string of the molecule is CCCc1ccc(C(F)(F)Oc2ccc(-c3ccc(OC(F)(F)F)c(F)c3)c(F)c2F)cc1. The fourth-order valence-corrected chi connectivity index (χ4v) is 3.06. The van der Waals surface area contributed by atoms with Crippen molar-refractivity contribution in [3.8, 4) is 22.6 Å². The van der Waals surface area contributed by atoms with E-state index in [0.717, 1.165) is 36.2 Å². The van der Waals surface area contributed by atoms with Gasteiger partial charge in [0.15, 0.2) is 23.1 Å². The molecule has 2 nitrogen and oxygen atoms in total. The highest BCUT2D eigenvalue weighted by Gasteiger charge is 2.36. The van der Waals surface area contributed by atoms with Crippen LogP contribution in [-0.4, -0.2) is 6.36 Å². The molecule has 0 radical (unpaired) electrons. The molecule has 0 fully saturated rings. The van der Waals surface area contributed by atoms with E-state index in [9.17, 15) is 35.1 Å². The fraction of sp³-hybridized carbons (Fsp3) is 0.217. The van der Waals surface area contributed by atoms with Crippen LogP contribution in [0.5, 0.6) is 11.5 Å². The van der Waals surface area contributed by atoms with Crippen LogP contribution in [0.3, 0.4) is 0 Å². The van der Waals surface area contributed by atoms with Crippen molar-refractivity contribution < 1.29 is 44.6 Å². The first-order valence-corrected chi connectivity index (χ1v) is 9.61. The van der Waals surface area contributed by atoms with E-state index < -0.39 is 52.5 Å². The summed E-state index contributed by atoms with van der Waals surface area (Å²) in [4.78, 5) is 0. The molecular weight excluding hydrogens is 460 g/mol. The molecule has 0 spiro atoms. The van der Waals surface area contributed by atoms with E-state index >= 15 is 0 Å². The number of ether oxygens (including phenoxy) is 2. The summed E-state index contributed by atoms with van der Waals surface area (Å²) in [5, 5.41) is 0. The monoisotopic (exact) mass is 476 g/mol. The highest BCUT2D eigenvalue weighted by atomic mass is 19.4. The van der Waals surface area contributed by atoms with Crippen molar-refractivity contribution >= 4 is 0 Å². The van der Waals surface area contributed by atoms with Gasteiger partial charge in [-0.25, -0.2) is 8.78 Å². The molecule has 0 saturated carbocycles. The van der Waals surface area contributed by atoms with Crippen molar-refractivity contribution in [1.29, 1.82) is 0 Å². The van der Waals surface area contributed by atoms with Crippen LogP contribution >= 0.6 is 0 Å². The normalized spacial score (nSPS) is 12.0. The van der Waals surface area contributed by atoms with Crippen LogP contribution in [0.25, 0.3) is 11.1 Å². The number of rotatable bonds is 7. The van der Waals surface area contributed by atoms with Gasteiger partial charge in [0.25, 0.3) is 0 Å². The number of benzene rings is 3. The third-order valence-corrected chi connectivity index (χ3v) is 4.58. The molecule has 0 heterocycles. The lowest BCUT2D eigenvalue weighted by Crippen LogP contribution is -2.22. The molecule has 0 amide bonds. The molecule has 10 heteroatoms. The van der Waals surface area contributed by atoms with Gasteiger partial charge in [-0.05, 0) is 53.9 Å². The summed E-state index contributed by atoms with van der Waals surface area (Å²) in [5.41, 5.74) is -0.682. The van der Waals surface area contributed by atoms with Crippen LogP contribution in [0.15, 0.2) is 54.6 Å². The Morgan fingerprint density at radius 1 is 0.727 bits per heavy atom. The number of hydrogen-bond donors (Lipinski definition) is 0. The lowest BCUT2D eigenvalue weighted by atomic mass is 10.0. The Hall–Kier alpha value is -3.30. The molecule has 0 N–H and O–H groups in total. The van der Waals surface area contributed by atoms with Crippen molar-refractivity contribution in [2.24, 2.45) is 0 Å². The topological polar surface area (TPSA) is 18.5 Å². The van der Waals surface area contributed by atoms with Crippen LogP contribution < -0.4 is 9.47 Å². The Kier molecular flexibility index (Phi) is 6.85. The van der Waals surface area contributed by atoms with E-state index in [1.807, 2.05) is 6.92 Å². The average Bonchev–Trinajstić information content (AvgIpc) is 2.73. The molecule has 0 aliphatic rings. The maximum atomic E-state index is 14.5. The summed E-state index contributed by atoms with van der Waals surface area (Å²) in [6.07, 6.45) is -7.65. The summed E-state index contributed by atoms with van der Waals surface area (Å²) in [7, 11) is 0. The van der Waals surface area contributed by atoms with Crippen molar-refractivity contribution in [2.45, 2.75) is 32.2 Å². The van der Waals surface area contributed by atoms with E-state index in [2.05, 4.69) is 9.47 Å². The van der Waals surface area contributed by atoms with E-state index in [1.54, 1.807) is 0 Å². The molecule has 0 aliphatic heterocycles. The summed E-state index contributed by atoms with van der Waals surface area (Å²) < 4.78 is 116. The molecule has 33 heavy (non-hydrogen) atoms. The van der Waals surface area contributed by atoms with Crippen LogP contribution in [0.2, 0.25) is 0 Å². The maximum absolute atomic E-state index is 14.5. The minimum Gasteiger partial charge on any atom is -0.426 e. The third kappa shape index (κ3) is 5.74. The first-order valence-electron chi connectivity index (χ1n) is 9.61. The van der Waals surface area contributed by atoms with Crippen LogP contribution in [0.1, 0.15) is 24.5 Å². The molecule has 0 bridgehead atoms. The third-order valence-electron chi connectivity index (χ3n) is 4.58. The summed E-state index contributed by atoms with van der Waals surface area (Å²) >= 11 is 0. The molecule has 0 aromatic heterocycles. The van der Waals surface area contributed by atoms with Gasteiger partial charge in [0.1, 0.15) is 0 Å². The van der Waals surface area contributed by atoms with Gasteiger partial charge in [-0.3, -0.25) is 0 Å². The highest BCUT2D eigenvalue weighted by Crippen LogP contribution is 2.37. The predicted octanol–water partition coefficient (Wildman–Crippen LogP) is 7.75. The zero-order valence-electron chi connectivity index (χ0n) is 17.0. The molecule has 0 aliphatic carbocycles. The van der Waals surface area contributed by atoms with Gasteiger partial charge in [-0.1, -0.05) is 31.5 Å². The number of halogens is 8. The maximum Gasteiger partial charge on any atom is 0.573 e. The lowest BCUT2D eigenvalue weighted by molar-refractivity contribution is -0.275. The van der Waals surface area contributed by atoms with Crippen LogP contribution in [0.4, 0.5) is 35.1 Å². The fourth-order valence-electron chi connectivity index (χ4n) is 3.06.